The molecule has 0 unspecified atom stereocenters. The number of hydrogen-bond donors (Lipinski definition) is 2. The summed E-state index contributed by atoms with van der Waals surface area (Å²) in [5, 5.41) is 13.8. The Morgan fingerprint density at radius 3 is 2.66 bits per heavy atom. The largest absolute Gasteiger partial charge is 0.481 e. The highest BCUT2D eigenvalue weighted by Crippen LogP contribution is 2.41. The van der Waals surface area contributed by atoms with Crippen LogP contribution in [0.25, 0.3) is 32.2 Å². The van der Waals surface area contributed by atoms with Crippen molar-refractivity contribution in [1.82, 2.24) is 19.5 Å². The van der Waals surface area contributed by atoms with Crippen LogP contribution in [0.1, 0.15) is 36.8 Å². The van der Waals surface area contributed by atoms with E-state index in [0.717, 1.165) is 21.2 Å². The molecule has 0 aliphatic heterocycles. The first-order valence-corrected chi connectivity index (χ1v) is 12.6. The van der Waals surface area contributed by atoms with Gasteiger partial charge in [0.1, 0.15) is 17.1 Å². The summed E-state index contributed by atoms with van der Waals surface area (Å²) >= 11 is 1.48. The van der Waals surface area contributed by atoms with E-state index in [4.69, 9.17) is 9.47 Å². The Morgan fingerprint density at radius 2 is 1.92 bits per heavy atom. The molecule has 0 aliphatic rings. The number of thiazole rings is 1. The predicted octanol–water partition coefficient (Wildman–Crippen LogP) is 5.81. The van der Waals surface area contributed by atoms with Crippen molar-refractivity contribution in [2.75, 3.05) is 12.4 Å². The number of carboxylic acids is 1. The fourth-order valence-electron chi connectivity index (χ4n) is 4.33. The normalized spacial score (nSPS) is 11.6. The fraction of sp³-hybridized carbons (Fsp3) is 0.222. The molecule has 10 nitrogen and oxygen atoms in total. The van der Waals surface area contributed by atoms with Gasteiger partial charge in [0.05, 0.1) is 28.4 Å². The number of benzene rings is 1. The molecule has 0 spiro atoms. The second-order valence-corrected chi connectivity index (χ2v) is 10.4. The van der Waals surface area contributed by atoms with Gasteiger partial charge in [-0.15, -0.1) is 11.3 Å². The van der Waals surface area contributed by atoms with Crippen molar-refractivity contribution in [3.05, 3.63) is 65.6 Å². The van der Waals surface area contributed by atoms with Crippen molar-refractivity contribution < 1.29 is 24.2 Å². The summed E-state index contributed by atoms with van der Waals surface area (Å²) in [5.41, 5.74) is 4.46. The fourth-order valence-corrected chi connectivity index (χ4v) is 5.03. The zero-order chi connectivity index (χ0) is 27.0. The van der Waals surface area contributed by atoms with Gasteiger partial charge in [0, 0.05) is 35.5 Å². The molecule has 194 valence electrons. The molecule has 0 radical (unpaired) electrons. The number of carbonyl (C=O) groups excluding carboxylic acids is 1. The van der Waals surface area contributed by atoms with E-state index >= 15 is 0 Å². The van der Waals surface area contributed by atoms with E-state index in [0.29, 0.717) is 28.3 Å². The van der Waals surface area contributed by atoms with Gasteiger partial charge in [0.2, 0.25) is 5.88 Å². The number of pyridine rings is 2. The van der Waals surface area contributed by atoms with E-state index in [2.05, 4.69) is 20.3 Å². The molecule has 38 heavy (non-hydrogen) atoms. The summed E-state index contributed by atoms with van der Waals surface area (Å²) < 4.78 is 13.5. The average molecular weight is 532 g/mol. The summed E-state index contributed by atoms with van der Waals surface area (Å²) in [6.45, 7) is 5.52. The van der Waals surface area contributed by atoms with Crippen LogP contribution < -0.4 is 10.1 Å². The lowest BCUT2D eigenvalue weighted by atomic mass is 10.0. The Labute approximate surface area is 221 Å². The molecule has 0 saturated carbocycles. The smallest absolute Gasteiger partial charge is 0.413 e. The number of carboxylic acid groups (broad SMARTS) is 1. The lowest BCUT2D eigenvalue weighted by molar-refractivity contribution is 0.0633. The molecule has 4 aromatic heterocycles. The summed E-state index contributed by atoms with van der Waals surface area (Å²) in [6, 6.07) is 10.8. The van der Waals surface area contributed by atoms with E-state index in [-0.39, 0.29) is 12.2 Å². The minimum absolute atomic E-state index is 0.0856. The number of amides is 1. The number of fused-ring (bicyclic) bond motifs is 2. The van der Waals surface area contributed by atoms with Crippen LogP contribution in [0.3, 0.4) is 0 Å². The molecule has 0 saturated heterocycles. The molecule has 5 rings (SSSR count). The molecule has 5 aromatic rings. The number of methoxy groups -OCH3 is 1. The number of ether oxygens (including phenoxy) is 2. The van der Waals surface area contributed by atoms with Crippen molar-refractivity contribution in [3.8, 4) is 17.0 Å². The van der Waals surface area contributed by atoms with Gasteiger partial charge >= 0.3 is 12.1 Å². The highest BCUT2D eigenvalue weighted by molar-refractivity contribution is 7.16. The highest BCUT2D eigenvalue weighted by atomic mass is 32.1. The predicted molar refractivity (Wildman–Crippen MR) is 145 cm³/mol. The van der Waals surface area contributed by atoms with Crippen LogP contribution in [-0.4, -0.2) is 49.4 Å². The third-order valence-electron chi connectivity index (χ3n) is 5.75. The van der Waals surface area contributed by atoms with Gasteiger partial charge in [-0.05, 0) is 62.7 Å². The summed E-state index contributed by atoms with van der Waals surface area (Å²) in [7, 11) is 1.50. The van der Waals surface area contributed by atoms with E-state index in [9.17, 15) is 14.7 Å². The molecular weight excluding hydrogens is 506 g/mol. The first kappa shape index (κ1) is 25.2. The number of aromatic carboxylic acids is 1. The Bertz CT molecular complexity index is 1680. The summed E-state index contributed by atoms with van der Waals surface area (Å²) in [4.78, 5) is 38.0. The Hall–Kier alpha value is -4.51. The number of aromatic nitrogens is 4. The molecule has 0 aliphatic carbocycles. The van der Waals surface area contributed by atoms with Crippen molar-refractivity contribution in [1.29, 1.82) is 0 Å². The number of nitrogens with zero attached hydrogens (tertiary/aromatic N) is 4. The topological polar surface area (TPSA) is 128 Å². The van der Waals surface area contributed by atoms with Gasteiger partial charge in [-0.3, -0.25) is 5.32 Å². The van der Waals surface area contributed by atoms with E-state index in [1.54, 1.807) is 67.5 Å². The maximum absolute atomic E-state index is 12.8. The van der Waals surface area contributed by atoms with E-state index in [1.165, 1.54) is 18.4 Å². The van der Waals surface area contributed by atoms with Crippen molar-refractivity contribution in [2.24, 2.45) is 0 Å². The molecule has 4 heterocycles. The molecule has 11 heteroatoms. The number of hydrogen-bond acceptors (Lipinski definition) is 8. The lowest BCUT2D eigenvalue weighted by Gasteiger charge is -2.19. The average Bonchev–Trinajstić information content (AvgIpc) is 3.43. The zero-order valence-electron chi connectivity index (χ0n) is 21.2. The molecular formula is C27H25N5O5S. The summed E-state index contributed by atoms with van der Waals surface area (Å²) in [5.74, 6) is -0.480. The number of anilines is 1. The van der Waals surface area contributed by atoms with Crippen molar-refractivity contribution in [3.63, 3.8) is 0 Å². The Kier molecular flexibility index (Phi) is 6.45. The number of nitrogens with one attached hydrogen (secondary N) is 1. The van der Waals surface area contributed by atoms with Gasteiger partial charge in [-0.25, -0.2) is 24.5 Å². The minimum Gasteiger partial charge on any atom is -0.481 e. The first-order valence-electron chi connectivity index (χ1n) is 11.7. The second-order valence-electron chi connectivity index (χ2n) is 9.54. The molecule has 1 amide bonds. The van der Waals surface area contributed by atoms with Crippen LogP contribution in [0, 0.1) is 0 Å². The van der Waals surface area contributed by atoms with Crippen LogP contribution in [0.5, 0.6) is 5.88 Å². The van der Waals surface area contributed by atoms with Gasteiger partial charge in [0.15, 0.2) is 0 Å². The molecule has 1 aromatic carbocycles. The van der Waals surface area contributed by atoms with Gasteiger partial charge < -0.3 is 19.1 Å². The second kappa shape index (κ2) is 9.75. The lowest BCUT2D eigenvalue weighted by Crippen LogP contribution is -2.27. The minimum atomic E-state index is -1.10. The molecule has 0 atom stereocenters. The SMILES string of the molecule is COc1ncccc1-c1c(C(=O)O)n(Cc2ccnc(NC(=O)OC(C)(C)C)c2)c2cc3ncsc3cc12. The standard InChI is InChI=1S/C27H25N5O5S/c1-27(2,3)37-26(35)31-21-10-15(7-9-28-21)13-32-19-12-18-20(38-14-30-18)11-17(19)22(23(32)25(33)34)16-6-5-8-29-24(16)36-4/h5-12,14H,13H2,1-4H3,(H,33,34)(H,28,31,35). The first-order chi connectivity index (χ1) is 18.1. The van der Waals surface area contributed by atoms with Crippen LogP contribution in [0.15, 0.2) is 54.3 Å². The maximum atomic E-state index is 12.8. The van der Waals surface area contributed by atoms with Crippen LogP contribution in [0.2, 0.25) is 0 Å². The quantitative estimate of drug-likeness (QED) is 0.281. The van der Waals surface area contributed by atoms with Crippen LogP contribution in [0.4, 0.5) is 10.6 Å². The van der Waals surface area contributed by atoms with Crippen LogP contribution in [-0.2, 0) is 11.3 Å². The van der Waals surface area contributed by atoms with Crippen LogP contribution >= 0.6 is 11.3 Å². The van der Waals surface area contributed by atoms with Gasteiger partial charge in [-0.1, -0.05) is 0 Å². The van der Waals surface area contributed by atoms with Gasteiger partial charge in [-0.2, -0.15) is 0 Å². The third kappa shape index (κ3) is 4.88. The monoisotopic (exact) mass is 531 g/mol. The number of carbonyl (C=O) groups is 2. The highest BCUT2D eigenvalue weighted by Gasteiger charge is 2.27. The molecule has 0 bridgehead atoms. The summed E-state index contributed by atoms with van der Waals surface area (Å²) in [6.07, 6.45) is 2.52. The van der Waals surface area contributed by atoms with Crippen molar-refractivity contribution in [2.45, 2.75) is 32.9 Å². The zero-order valence-corrected chi connectivity index (χ0v) is 22.0. The molecule has 2 N–H and O–H groups in total. The van der Waals surface area contributed by atoms with Crippen molar-refractivity contribution >= 4 is 50.3 Å². The number of rotatable bonds is 6. The van der Waals surface area contributed by atoms with Gasteiger partial charge in [0.25, 0.3) is 0 Å². The van der Waals surface area contributed by atoms with E-state index < -0.39 is 17.7 Å². The Balaban J connectivity index is 1.66. The molecule has 0 fully saturated rings. The van der Waals surface area contributed by atoms with E-state index in [1.807, 2.05) is 12.1 Å². The maximum Gasteiger partial charge on any atom is 0.413 e. The Morgan fingerprint density at radius 1 is 1.11 bits per heavy atom. The third-order valence-corrected chi connectivity index (χ3v) is 6.54.